The number of imidazole rings is 1. The van der Waals surface area contributed by atoms with Gasteiger partial charge >= 0.3 is 0 Å². The van der Waals surface area contributed by atoms with E-state index in [0.717, 1.165) is 37.8 Å². The third-order valence-electron chi connectivity index (χ3n) is 3.58. The van der Waals surface area contributed by atoms with Crippen molar-refractivity contribution in [3.63, 3.8) is 0 Å². The quantitative estimate of drug-likeness (QED) is 0.942. The van der Waals surface area contributed by atoms with Gasteiger partial charge in [-0.1, -0.05) is 13.3 Å². The first kappa shape index (κ1) is 13.3. The van der Waals surface area contributed by atoms with Gasteiger partial charge in [0, 0.05) is 23.0 Å². The van der Waals surface area contributed by atoms with Crippen LogP contribution < -0.4 is 5.32 Å². The number of nitrogens with one attached hydrogen (secondary N) is 1. The molecule has 1 aliphatic rings. The molecule has 0 radical (unpaired) electrons. The molecule has 0 saturated heterocycles. The van der Waals surface area contributed by atoms with Crippen molar-refractivity contribution < 1.29 is 4.79 Å². The molecule has 1 amide bonds. The lowest BCUT2D eigenvalue weighted by molar-refractivity contribution is -0.119. The summed E-state index contributed by atoms with van der Waals surface area (Å²) in [6, 6.07) is -0.153. The highest BCUT2D eigenvalue weighted by Crippen LogP contribution is 2.27. The zero-order valence-corrected chi connectivity index (χ0v) is 12.3. The summed E-state index contributed by atoms with van der Waals surface area (Å²) in [4.78, 5) is 22.0. The number of aryl methyl sites for hydroxylation is 2. The molecule has 5 nitrogen and oxygen atoms in total. The van der Waals surface area contributed by atoms with Gasteiger partial charge < -0.3 is 9.88 Å². The van der Waals surface area contributed by atoms with Gasteiger partial charge in [-0.15, -0.1) is 11.3 Å². The van der Waals surface area contributed by atoms with Crippen LogP contribution in [0.5, 0.6) is 0 Å². The SMILES string of the molecule is CCCc1cnc(NC(=O)C2CCCc3cncn32)s1. The standard InChI is InChI=1S/C14H18N4OS/c1-2-4-11-8-16-14(20-11)17-13(19)12-6-3-5-10-7-15-9-18(10)12/h7-9,12H,2-6H2,1H3,(H,16,17,19). The van der Waals surface area contributed by atoms with Crippen LogP contribution in [0.15, 0.2) is 18.7 Å². The summed E-state index contributed by atoms with van der Waals surface area (Å²) in [7, 11) is 0. The number of carbonyl (C=O) groups excluding carboxylic acids is 1. The van der Waals surface area contributed by atoms with Gasteiger partial charge in [0.05, 0.1) is 6.33 Å². The van der Waals surface area contributed by atoms with Crippen molar-refractivity contribution in [1.29, 1.82) is 0 Å². The molecule has 0 aromatic carbocycles. The van der Waals surface area contributed by atoms with Crippen LogP contribution in [0.4, 0.5) is 5.13 Å². The molecule has 0 saturated carbocycles. The number of thiazole rings is 1. The fraction of sp³-hybridized carbons (Fsp3) is 0.500. The number of amides is 1. The molecule has 0 spiro atoms. The Hall–Kier alpha value is -1.69. The number of fused-ring (bicyclic) bond motifs is 1. The molecule has 0 fully saturated rings. The smallest absolute Gasteiger partial charge is 0.249 e. The molecular formula is C14H18N4OS. The molecular weight excluding hydrogens is 272 g/mol. The van der Waals surface area contributed by atoms with Gasteiger partial charge in [0.1, 0.15) is 6.04 Å². The summed E-state index contributed by atoms with van der Waals surface area (Å²) >= 11 is 1.57. The monoisotopic (exact) mass is 290 g/mol. The lowest BCUT2D eigenvalue weighted by Crippen LogP contribution is -2.29. The lowest BCUT2D eigenvalue weighted by atomic mass is 10.0. The van der Waals surface area contributed by atoms with E-state index in [1.54, 1.807) is 17.7 Å². The first-order valence-electron chi connectivity index (χ1n) is 7.04. The largest absolute Gasteiger partial charge is 0.322 e. The average Bonchev–Trinajstić information content (AvgIpc) is 3.07. The maximum Gasteiger partial charge on any atom is 0.249 e. The molecule has 0 aliphatic carbocycles. The molecule has 1 atom stereocenters. The van der Waals surface area contributed by atoms with Crippen LogP contribution in [-0.2, 0) is 17.6 Å². The molecule has 3 rings (SSSR count). The molecule has 1 N–H and O–H groups in total. The van der Waals surface area contributed by atoms with Gasteiger partial charge in [-0.3, -0.25) is 4.79 Å². The van der Waals surface area contributed by atoms with Crippen molar-refractivity contribution in [3.05, 3.63) is 29.3 Å². The topological polar surface area (TPSA) is 59.8 Å². The molecule has 20 heavy (non-hydrogen) atoms. The maximum atomic E-state index is 12.4. The number of aromatic nitrogens is 3. The van der Waals surface area contributed by atoms with Crippen molar-refractivity contribution in [2.75, 3.05) is 5.32 Å². The van der Waals surface area contributed by atoms with Crippen LogP contribution >= 0.6 is 11.3 Å². The van der Waals surface area contributed by atoms with Crippen LogP contribution in [0.25, 0.3) is 0 Å². The molecule has 6 heteroatoms. The summed E-state index contributed by atoms with van der Waals surface area (Å²) in [5.41, 5.74) is 1.14. The van der Waals surface area contributed by atoms with Crippen molar-refractivity contribution in [3.8, 4) is 0 Å². The highest BCUT2D eigenvalue weighted by Gasteiger charge is 2.26. The minimum atomic E-state index is -0.153. The van der Waals surface area contributed by atoms with E-state index in [1.807, 2.05) is 17.0 Å². The normalized spacial score (nSPS) is 17.8. The molecule has 0 bridgehead atoms. The summed E-state index contributed by atoms with van der Waals surface area (Å²) < 4.78 is 1.99. The predicted octanol–water partition coefficient (Wildman–Crippen LogP) is 2.81. The molecule has 106 valence electrons. The van der Waals surface area contributed by atoms with E-state index in [4.69, 9.17) is 0 Å². The third kappa shape index (κ3) is 2.60. The highest BCUT2D eigenvalue weighted by molar-refractivity contribution is 7.15. The second-order valence-corrected chi connectivity index (χ2v) is 6.19. The van der Waals surface area contributed by atoms with E-state index in [0.29, 0.717) is 5.13 Å². The highest BCUT2D eigenvalue weighted by atomic mass is 32.1. The fourth-order valence-electron chi connectivity index (χ4n) is 2.60. The first-order valence-corrected chi connectivity index (χ1v) is 7.86. The third-order valence-corrected chi connectivity index (χ3v) is 4.55. The van der Waals surface area contributed by atoms with E-state index in [2.05, 4.69) is 22.2 Å². The predicted molar refractivity (Wildman–Crippen MR) is 78.9 cm³/mol. The number of hydrogen-bond donors (Lipinski definition) is 1. The molecule has 2 aromatic heterocycles. The fourth-order valence-corrected chi connectivity index (χ4v) is 3.51. The van der Waals surface area contributed by atoms with E-state index in [1.165, 1.54) is 4.88 Å². The van der Waals surface area contributed by atoms with Crippen LogP contribution in [0.2, 0.25) is 0 Å². The van der Waals surface area contributed by atoms with Crippen LogP contribution in [0.3, 0.4) is 0 Å². The second-order valence-electron chi connectivity index (χ2n) is 5.07. The molecule has 3 heterocycles. The molecule has 1 aliphatic heterocycles. The van der Waals surface area contributed by atoms with Gasteiger partial charge in [-0.2, -0.15) is 0 Å². The second kappa shape index (κ2) is 5.75. The number of nitrogens with zero attached hydrogens (tertiary/aromatic N) is 3. The Kier molecular flexibility index (Phi) is 3.82. The molecule has 2 aromatic rings. The van der Waals surface area contributed by atoms with Crippen molar-refractivity contribution in [2.45, 2.75) is 45.1 Å². The minimum absolute atomic E-state index is 0.0151. The maximum absolute atomic E-state index is 12.4. The van der Waals surface area contributed by atoms with E-state index in [-0.39, 0.29) is 11.9 Å². The van der Waals surface area contributed by atoms with Gasteiger partial charge in [-0.25, -0.2) is 9.97 Å². The Labute approximate surface area is 122 Å². The van der Waals surface area contributed by atoms with Gasteiger partial charge in [-0.05, 0) is 25.7 Å². The van der Waals surface area contributed by atoms with Crippen molar-refractivity contribution in [1.82, 2.24) is 14.5 Å². The first-order chi connectivity index (χ1) is 9.78. The number of hydrogen-bond acceptors (Lipinski definition) is 4. The van der Waals surface area contributed by atoms with Crippen molar-refractivity contribution in [2.24, 2.45) is 0 Å². The van der Waals surface area contributed by atoms with Crippen LogP contribution in [0.1, 0.15) is 42.8 Å². The minimum Gasteiger partial charge on any atom is -0.322 e. The zero-order chi connectivity index (χ0) is 13.9. The van der Waals surface area contributed by atoms with Gasteiger partial charge in [0.15, 0.2) is 5.13 Å². The van der Waals surface area contributed by atoms with Gasteiger partial charge in [0.2, 0.25) is 5.91 Å². The summed E-state index contributed by atoms with van der Waals surface area (Å²) in [6.07, 6.45) is 10.5. The van der Waals surface area contributed by atoms with Crippen molar-refractivity contribution >= 4 is 22.4 Å². The Morgan fingerprint density at radius 2 is 2.45 bits per heavy atom. The van der Waals surface area contributed by atoms with E-state index < -0.39 is 0 Å². The zero-order valence-electron chi connectivity index (χ0n) is 11.5. The Bertz CT molecular complexity index is 604. The Morgan fingerprint density at radius 3 is 3.30 bits per heavy atom. The Balaban J connectivity index is 1.71. The summed E-state index contributed by atoms with van der Waals surface area (Å²) in [6.45, 7) is 2.14. The van der Waals surface area contributed by atoms with E-state index >= 15 is 0 Å². The van der Waals surface area contributed by atoms with Gasteiger partial charge in [0.25, 0.3) is 0 Å². The number of rotatable bonds is 4. The number of carbonyl (C=O) groups is 1. The summed E-state index contributed by atoms with van der Waals surface area (Å²) in [5, 5.41) is 3.64. The molecule has 1 unspecified atom stereocenters. The Morgan fingerprint density at radius 1 is 1.55 bits per heavy atom. The van der Waals surface area contributed by atoms with Crippen LogP contribution in [0, 0.1) is 0 Å². The average molecular weight is 290 g/mol. The summed E-state index contributed by atoms with van der Waals surface area (Å²) in [5.74, 6) is 0.0151. The van der Waals surface area contributed by atoms with Crippen LogP contribution in [-0.4, -0.2) is 20.4 Å². The lowest BCUT2D eigenvalue weighted by Gasteiger charge is -2.23. The van der Waals surface area contributed by atoms with E-state index in [9.17, 15) is 4.79 Å². The number of anilines is 1.